The Balaban J connectivity index is 1.69. The molecule has 0 atom stereocenters. The average molecular weight is 354 g/mol. The number of benzene rings is 2. The van der Waals surface area contributed by atoms with Gasteiger partial charge in [0.15, 0.2) is 17.5 Å². The topological polar surface area (TPSA) is 59.6 Å². The van der Waals surface area contributed by atoms with E-state index in [1.165, 1.54) is 0 Å². The van der Waals surface area contributed by atoms with E-state index in [4.69, 9.17) is 9.47 Å². The summed E-state index contributed by atoms with van der Waals surface area (Å²) < 4.78 is 49.8. The van der Waals surface area contributed by atoms with E-state index in [1.54, 1.807) is 31.4 Å². The Morgan fingerprint density at radius 2 is 1.68 bits per heavy atom. The summed E-state index contributed by atoms with van der Waals surface area (Å²) in [5.41, 5.74) is -0.416. The van der Waals surface area contributed by atoms with E-state index in [0.717, 1.165) is 12.1 Å². The monoisotopic (exact) mass is 354 g/mol. The molecule has 0 bridgehead atoms. The number of hydrogen-bond acceptors (Lipinski definition) is 4. The number of methoxy groups -OCH3 is 1. The molecule has 0 spiro atoms. The van der Waals surface area contributed by atoms with Crippen molar-refractivity contribution in [2.24, 2.45) is 0 Å². The first kappa shape index (κ1) is 18.6. The van der Waals surface area contributed by atoms with Gasteiger partial charge in [-0.2, -0.15) is 0 Å². The number of carbonyl (C=O) groups excluding carboxylic acids is 1. The quantitative estimate of drug-likeness (QED) is 0.565. The second-order valence-electron chi connectivity index (χ2n) is 4.97. The van der Waals surface area contributed by atoms with Gasteiger partial charge >= 0.3 is 0 Å². The van der Waals surface area contributed by atoms with Gasteiger partial charge in [-0.05, 0) is 36.4 Å². The Kier molecular flexibility index (Phi) is 6.64. The van der Waals surface area contributed by atoms with Gasteiger partial charge in [-0.3, -0.25) is 4.79 Å². The van der Waals surface area contributed by atoms with Gasteiger partial charge in [0, 0.05) is 6.54 Å². The molecule has 0 saturated heterocycles. The minimum absolute atomic E-state index is 0.135. The Hall–Kier alpha value is -2.74. The van der Waals surface area contributed by atoms with Crippen molar-refractivity contribution in [2.75, 3.05) is 32.1 Å². The predicted octanol–water partition coefficient (Wildman–Crippen LogP) is 2.72. The van der Waals surface area contributed by atoms with Gasteiger partial charge in [-0.1, -0.05) is 0 Å². The lowest BCUT2D eigenvalue weighted by Gasteiger charge is -2.09. The van der Waals surface area contributed by atoms with Crippen LogP contribution in [0.25, 0.3) is 0 Å². The molecule has 0 saturated carbocycles. The highest BCUT2D eigenvalue weighted by molar-refractivity contribution is 5.92. The van der Waals surface area contributed by atoms with Gasteiger partial charge in [0.25, 0.3) is 0 Å². The molecule has 0 radical (unpaired) electrons. The number of amides is 1. The first-order valence-electron chi connectivity index (χ1n) is 7.42. The van der Waals surface area contributed by atoms with Crippen LogP contribution in [0, 0.1) is 17.5 Å². The molecule has 5 nitrogen and oxygen atoms in total. The molecule has 0 aliphatic carbocycles. The molecule has 1 amide bonds. The minimum atomic E-state index is -1.63. The van der Waals surface area contributed by atoms with Crippen LogP contribution in [0.15, 0.2) is 36.4 Å². The molecular formula is C17H17F3N2O3. The third-order valence-electron chi connectivity index (χ3n) is 3.20. The van der Waals surface area contributed by atoms with E-state index in [2.05, 4.69) is 10.6 Å². The summed E-state index contributed by atoms with van der Waals surface area (Å²) >= 11 is 0. The Morgan fingerprint density at radius 3 is 2.36 bits per heavy atom. The number of ether oxygens (including phenoxy) is 2. The standard InChI is InChI=1S/C17H17F3N2O3/c1-24-11-2-4-12(5-3-11)25-9-8-21-10-15(23)22-14-7-6-13(18)16(19)17(14)20/h2-7,21H,8-10H2,1H3,(H,22,23). The summed E-state index contributed by atoms with van der Waals surface area (Å²) in [6.45, 7) is 0.531. The number of nitrogens with one attached hydrogen (secondary N) is 2. The largest absolute Gasteiger partial charge is 0.497 e. The summed E-state index contributed by atoms with van der Waals surface area (Å²) in [7, 11) is 1.57. The fraction of sp³-hybridized carbons (Fsp3) is 0.235. The molecule has 134 valence electrons. The lowest BCUT2D eigenvalue weighted by molar-refractivity contribution is -0.115. The number of carbonyl (C=O) groups is 1. The summed E-state index contributed by atoms with van der Waals surface area (Å²) in [6.07, 6.45) is 0. The zero-order valence-corrected chi connectivity index (χ0v) is 13.4. The van der Waals surface area contributed by atoms with Gasteiger partial charge in [0.2, 0.25) is 5.91 Å². The average Bonchev–Trinajstić information content (AvgIpc) is 2.62. The lowest BCUT2D eigenvalue weighted by atomic mass is 10.2. The number of hydrogen-bond donors (Lipinski definition) is 2. The number of anilines is 1. The molecule has 0 fully saturated rings. The van der Waals surface area contributed by atoms with Crippen molar-refractivity contribution < 1.29 is 27.4 Å². The highest BCUT2D eigenvalue weighted by atomic mass is 19.2. The molecule has 0 unspecified atom stereocenters. The molecular weight excluding hydrogens is 337 g/mol. The fourth-order valence-corrected chi connectivity index (χ4v) is 1.93. The Bertz CT molecular complexity index is 724. The van der Waals surface area contributed by atoms with Crippen LogP contribution in [-0.4, -0.2) is 32.7 Å². The van der Waals surface area contributed by atoms with Crippen LogP contribution in [0.1, 0.15) is 0 Å². The van der Waals surface area contributed by atoms with Crippen molar-refractivity contribution in [3.05, 3.63) is 53.8 Å². The summed E-state index contributed by atoms with van der Waals surface area (Å²) in [6, 6.07) is 8.70. The third-order valence-corrected chi connectivity index (χ3v) is 3.20. The van der Waals surface area contributed by atoms with Gasteiger partial charge < -0.3 is 20.1 Å². The van der Waals surface area contributed by atoms with Crippen LogP contribution >= 0.6 is 0 Å². The molecule has 0 aliphatic rings. The molecule has 2 N–H and O–H groups in total. The number of rotatable bonds is 8. The van der Waals surface area contributed by atoms with Crippen LogP contribution in [0.5, 0.6) is 11.5 Å². The molecule has 2 aromatic carbocycles. The van der Waals surface area contributed by atoms with Crippen LogP contribution in [0.2, 0.25) is 0 Å². The molecule has 2 rings (SSSR count). The third kappa shape index (κ3) is 5.39. The van der Waals surface area contributed by atoms with Crippen molar-refractivity contribution in [1.82, 2.24) is 5.32 Å². The smallest absolute Gasteiger partial charge is 0.238 e. The van der Waals surface area contributed by atoms with E-state index in [0.29, 0.717) is 24.7 Å². The maximum absolute atomic E-state index is 13.4. The SMILES string of the molecule is COc1ccc(OCCNCC(=O)Nc2ccc(F)c(F)c2F)cc1. The van der Waals surface area contributed by atoms with Crippen LogP contribution < -0.4 is 20.1 Å². The van der Waals surface area contributed by atoms with Crippen molar-refractivity contribution in [1.29, 1.82) is 0 Å². The van der Waals surface area contributed by atoms with Crippen LogP contribution in [0.4, 0.5) is 18.9 Å². The molecule has 0 aliphatic heterocycles. The minimum Gasteiger partial charge on any atom is -0.497 e. The summed E-state index contributed by atoms with van der Waals surface area (Å²) in [4.78, 5) is 11.7. The van der Waals surface area contributed by atoms with E-state index >= 15 is 0 Å². The predicted molar refractivity (Wildman–Crippen MR) is 86.3 cm³/mol. The summed E-state index contributed by atoms with van der Waals surface area (Å²) in [5, 5.41) is 4.95. The molecule has 2 aromatic rings. The van der Waals surface area contributed by atoms with Crippen molar-refractivity contribution in [3.63, 3.8) is 0 Å². The molecule has 25 heavy (non-hydrogen) atoms. The molecule has 8 heteroatoms. The van der Waals surface area contributed by atoms with Gasteiger partial charge in [-0.25, -0.2) is 13.2 Å². The van der Waals surface area contributed by atoms with Gasteiger partial charge in [-0.15, -0.1) is 0 Å². The zero-order chi connectivity index (χ0) is 18.2. The summed E-state index contributed by atoms with van der Waals surface area (Å²) in [5.74, 6) is -3.60. The van der Waals surface area contributed by atoms with Crippen molar-refractivity contribution >= 4 is 11.6 Å². The van der Waals surface area contributed by atoms with Gasteiger partial charge in [0.1, 0.15) is 18.1 Å². The highest BCUT2D eigenvalue weighted by Gasteiger charge is 2.14. The number of halogens is 3. The van der Waals surface area contributed by atoms with E-state index in [9.17, 15) is 18.0 Å². The second kappa shape index (κ2) is 8.93. The van der Waals surface area contributed by atoms with E-state index in [1.807, 2.05) is 0 Å². The lowest BCUT2D eigenvalue weighted by Crippen LogP contribution is -2.31. The normalized spacial score (nSPS) is 10.4. The Morgan fingerprint density at radius 1 is 1.00 bits per heavy atom. The maximum atomic E-state index is 13.4. The maximum Gasteiger partial charge on any atom is 0.238 e. The highest BCUT2D eigenvalue weighted by Crippen LogP contribution is 2.19. The van der Waals surface area contributed by atoms with Crippen molar-refractivity contribution in [3.8, 4) is 11.5 Å². The first-order valence-corrected chi connectivity index (χ1v) is 7.42. The fourth-order valence-electron chi connectivity index (χ4n) is 1.93. The van der Waals surface area contributed by atoms with Crippen LogP contribution in [0.3, 0.4) is 0 Å². The van der Waals surface area contributed by atoms with Crippen LogP contribution in [-0.2, 0) is 4.79 Å². The van der Waals surface area contributed by atoms with Crippen molar-refractivity contribution in [2.45, 2.75) is 0 Å². The molecule has 0 aromatic heterocycles. The first-order chi connectivity index (χ1) is 12.0. The second-order valence-corrected chi connectivity index (χ2v) is 4.97. The Labute approximate surface area is 142 Å². The zero-order valence-electron chi connectivity index (χ0n) is 13.4. The van der Waals surface area contributed by atoms with Gasteiger partial charge in [0.05, 0.1) is 19.3 Å². The van der Waals surface area contributed by atoms with E-state index in [-0.39, 0.29) is 6.54 Å². The molecule has 0 heterocycles. The van der Waals surface area contributed by atoms with E-state index < -0.39 is 29.0 Å².